The van der Waals surface area contributed by atoms with Crippen molar-refractivity contribution < 1.29 is 98.8 Å². The largest absolute Gasteiger partial charge is 0.396 e. The molecule has 9 fully saturated rings. The quantitative estimate of drug-likeness (QED) is 0.108. The van der Waals surface area contributed by atoms with Crippen LogP contribution in [0.5, 0.6) is 0 Å². The van der Waals surface area contributed by atoms with Gasteiger partial charge in [0.1, 0.15) is 85.1 Å². The topological polar surface area (TPSA) is 318 Å². The second-order valence-electron chi connectivity index (χ2n) is 23.6. The maximum Gasteiger partial charge on any atom is 0.187 e. The molecular weight excluding hydrogens is 935 g/mol. The average molecular weight is 1020 g/mol. The minimum Gasteiger partial charge on any atom is -0.396 e. The van der Waals surface area contributed by atoms with Crippen molar-refractivity contribution in [3.63, 3.8) is 0 Å². The Kier molecular flexibility index (Phi) is 15.3. The highest BCUT2D eigenvalue weighted by Crippen LogP contribution is 2.70. The lowest BCUT2D eigenvalue weighted by atomic mass is 9.46. The van der Waals surface area contributed by atoms with Gasteiger partial charge in [0.25, 0.3) is 0 Å². The van der Waals surface area contributed by atoms with E-state index in [2.05, 4.69) is 32.2 Å². The van der Waals surface area contributed by atoms with Gasteiger partial charge < -0.3 is 98.8 Å². The van der Waals surface area contributed by atoms with Crippen LogP contribution in [0, 0.1) is 46.3 Å². The first-order valence-corrected chi connectivity index (χ1v) is 26.4. The molecule has 71 heavy (non-hydrogen) atoms. The molecule has 10 rings (SSSR count). The monoisotopic (exact) mass is 1020 g/mol. The van der Waals surface area contributed by atoms with Gasteiger partial charge in [-0.25, -0.2) is 0 Å². The molecule has 0 aromatic rings. The van der Waals surface area contributed by atoms with Gasteiger partial charge in [-0.3, -0.25) is 5.32 Å². The molecule has 0 amide bonds. The molecule has 21 nitrogen and oxygen atoms in total. The summed E-state index contributed by atoms with van der Waals surface area (Å²) >= 11 is 0. The van der Waals surface area contributed by atoms with Crippen LogP contribution in [0.15, 0.2) is 11.6 Å². The minimum atomic E-state index is -1.79. The number of hydrogen-bond donors (Lipinski definition) is 12. The van der Waals surface area contributed by atoms with Gasteiger partial charge in [-0.1, -0.05) is 32.4 Å². The average Bonchev–Trinajstić information content (AvgIpc) is 3.82. The number of allylic oxidation sites excluding steroid dienone is 1. The normalized spacial score (nSPS) is 57.4. The number of fused-ring (bicyclic) bond motifs is 7. The fourth-order valence-corrected chi connectivity index (χ4v) is 15.3. The molecule has 10 aliphatic rings. The third-order valence-electron chi connectivity index (χ3n) is 19.5. The van der Waals surface area contributed by atoms with Crippen molar-refractivity contribution >= 4 is 0 Å². The fourth-order valence-electron chi connectivity index (χ4n) is 15.3. The molecule has 30 unspecified atom stereocenters. The molecular formula is C50H81NO20. The number of aliphatic hydroxyl groups excluding tert-OH is 11. The molecule has 6 heterocycles. The number of rotatable bonds is 10. The van der Waals surface area contributed by atoms with E-state index >= 15 is 0 Å². The van der Waals surface area contributed by atoms with Crippen molar-refractivity contribution in [1.29, 1.82) is 0 Å². The van der Waals surface area contributed by atoms with E-state index in [9.17, 15) is 56.2 Å². The molecule has 30 atom stereocenters. The van der Waals surface area contributed by atoms with Crippen molar-refractivity contribution in [1.82, 2.24) is 5.32 Å². The summed E-state index contributed by atoms with van der Waals surface area (Å²) in [6, 6.07) is 0. The number of piperidine rings is 1. The summed E-state index contributed by atoms with van der Waals surface area (Å²) in [6.07, 6.45) is -19.2. The lowest BCUT2D eigenvalue weighted by Gasteiger charge is -2.59. The van der Waals surface area contributed by atoms with Crippen LogP contribution in [0.1, 0.15) is 92.4 Å². The van der Waals surface area contributed by atoms with Crippen LogP contribution in [0.25, 0.3) is 0 Å². The zero-order chi connectivity index (χ0) is 50.6. The zero-order valence-electron chi connectivity index (χ0n) is 41.5. The van der Waals surface area contributed by atoms with Crippen LogP contribution in [-0.4, -0.2) is 217 Å². The van der Waals surface area contributed by atoms with E-state index in [1.165, 1.54) is 19.4 Å². The third-order valence-corrected chi connectivity index (χ3v) is 19.5. The van der Waals surface area contributed by atoms with E-state index in [0.29, 0.717) is 36.5 Å². The standard InChI is InChI=1S/C50H81NO20/c1-20-8-13-50(51-16-20)28(17-52)32-30(71-50)15-27-25-7-6-23-14-24(9-11-48(23,4)26(25)10-12-49(27,32)5)66-47-43(70-45-39(61)36(58)33(55)21(2)64-45)40(62)41(31(18-53)67-47)68-46-42(37(59)34(56)22(3)65-46)69-44-38(60)35(57)29(54)19-63-44/h6,20-22,24-47,51-62H,7-19H2,1-5H3. The van der Waals surface area contributed by atoms with E-state index in [0.717, 1.165) is 51.5 Å². The molecule has 6 saturated heterocycles. The van der Waals surface area contributed by atoms with E-state index in [4.69, 9.17) is 42.6 Å². The van der Waals surface area contributed by atoms with Gasteiger partial charge in [-0.2, -0.15) is 0 Å². The van der Waals surface area contributed by atoms with Gasteiger partial charge in [0, 0.05) is 12.5 Å². The van der Waals surface area contributed by atoms with Crippen molar-refractivity contribution in [2.45, 2.75) is 227 Å². The van der Waals surface area contributed by atoms with Crippen LogP contribution in [0.2, 0.25) is 0 Å². The Morgan fingerprint density at radius 1 is 0.648 bits per heavy atom. The molecule has 6 aliphatic heterocycles. The molecule has 0 radical (unpaired) electrons. The number of ether oxygens (including phenoxy) is 9. The maximum atomic E-state index is 12.3. The summed E-state index contributed by atoms with van der Waals surface area (Å²) in [4.78, 5) is 0. The van der Waals surface area contributed by atoms with E-state index in [-0.39, 0.29) is 35.4 Å². The van der Waals surface area contributed by atoms with Gasteiger partial charge in [0.05, 0.1) is 44.2 Å². The summed E-state index contributed by atoms with van der Waals surface area (Å²) in [5.74, 6) is 2.28. The fraction of sp³-hybridized carbons (Fsp3) is 0.960. The van der Waals surface area contributed by atoms with Crippen molar-refractivity contribution in [3.8, 4) is 0 Å². The first-order chi connectivity index (χ1) is 33.7. The SMILES string of the molecule is CC1CCC2(NC1)OC1CC3C4CC=C5CC(OC6OC(CO)C(OC7OC(C)C(O)C(O)C7OC7OCC(O)C(O)C7O)C(O)C6OC6OC(C)C(O)C(O)C6O)CCC5(C)C4CCC3(C)C1C2CO. The Morgan fingerprint density at radius 3 is 2.01 bits per heavy atom. The number of aliphatic hydroxyl groups is 11. The summed E-state index contributed by atoms with van der Waals surface area (Å²) in [6.45, 7) is 9.90. The lowest BCUT2D eigenvalue weighted by Crippen LogP contribution is -2.67. The smallest absolute Gasteiger partial charge is 0.187 e. The van der Waals surface area contributed by atoms with E-state index in [1.54, 1.807) is 0 Å². The number of hydrogen-bond acceptors (Lipinski definition) is 21. The van der Waals surface area contributed by atoms with Crippen molar-refractivity contribution in [3.05, 3.63) is 11.6 Å². The third kappa shape index (κ3) is 9.12. The van der Waals surface area contributed by atoms with Gasteiger partial charge in [-0.15, -0.1) is 0 Å². The molecule has 0 bridgehead atoms. The van der Waals surface area contributed by atoms with Crippen molar-refractivity contribution in [2.24, 2.45) is 46.3 Å². The highest BCUT2D eigenvalue weighted by Gasteiger charge is 2.69. The Morgan fingerprint density at radius 2 is 1.31 bits per heavy atom. The van der Waals surface area contributed by atoms with Crippen LogP contribution in [-0.2, 0) is 42.6 Å². The summed E-state index contributed by atoms with van der Waals surface area (Å²) in [7, 11) is 0. The second-order valence-corrected chi connectivity index (χ2v) is 23.6. The molecule has 1 spiro atoms. The van der Waals surface area contributed by atoms with Gasteiger partial charge >= 0.3 is 0 Å². The zero-order valence-corrected chi connectivity index (χ0v) is 41.5. The molecule has 21 heteroatoms. The first kappa shape index (κ1) is 53.3. The molecule has 3 saturated carbocycles. The van der Waals surface area contributed by atoms with Crippen LogP contribution in [0.4, 0.5) is 0 Å². The molecule has 12 N–H and O–H groups in total. The highest BCUT2D eigenvalue weighted by molar-refractivity contribution is 5.27. The van der Waals surface area contributed by atoms with E-state index < -0.39 is 142 Å². The predicted octanol–water partition coefficient (Wildman–Crippen LogP) is -1.75. The van der Waals surface area contributed by atoms with E-state index in [1.807, 2.05) is 0 Å². The summed E-state index contributed by atoms with van der Waals surface area (Å²) in [5, 5.41) is 123. The number of nitrogens with one attached hydrogen (secondary N) is 1. The Bertz CT molecular complexity index is 1880. The Balaban J connectivity index is 0.867. The summed E-state index contributed by atoms with van der Waals surface area (Å²) < 4.78 is 55.8. The highest BCUT2D eigenvalue weighted by atomic mass is 16.8. The molecule has 0 aromatic heterocycles. The molecule has 4 aliphatic carbocycles. The first-order valence-electron chi connectivity index (χ1n) is 26.4. The maximum absolute atomic E-state index is 12.3. The van der Waals surface area contributed by atoms with Crippen LogP contribution < -0.4 is 5.32 Å². The van der Waals surface area contributed by atoms with Gasteiger partial charge in [-0.05, 0) is 112 Å². The Labute approximate surface area is 414 Å². The lowest BCUT2D eigenvalue weighted by molar-refractivity contribution is -0.397. The minimum absolute atomic E-state index is 0.0483. The molecule has 0 aromatic carbocycles. The van der Waals surface area contributed by atoms with Gasteiger partial charge in [0.2, 0.25) is 0 Å². The summed E-state index contributed by atoms with van der Waals surface area (Å²) in [5.41, 5.74) is 0.782. The van der Waals surface area contributed by atoms with Gasteiger partial charge in [0.15, 0.2) is 25.2 Å². The van der Waals surface area contributed by atoms with Crippen LogP contribution in [0.3, 0.4) is 0 Å². The molecule has 406 valence electrons. The Hall–Kier alpha value is -1.10. The van der Waals surface area contributed by atoms with Crippen LogP contribution >= 0.6 is 0 Å². The second kappa shape index (κ2) is 20.4. The predicted molar refractivity (Wildman–Crippen MR) is 243 cm³/mol. The van der Waals surface area contributed by atoms with Crippen molar-refractivity contribution in [2.75, 3.05) is 26.4 Å².